The van der Waals surface area contributed by atoms with Gasteiger partial charge in [0.25, 0.3) is 0 Å². The molecule has 76 valence electrons. The molecule has 1 unspecified atom stereocenters. The SMILES string of the molecule is CCCn1cncc1C1CN=C(N)N1. The Kier molecular flexibility index (Phi) is 2.39. The minimum absolute atomic E-state index is 0.198. The van der Waals surface area contributed by atoms with Crippen LogP contribution in [0.25, 0.3) is 0 Å². The lowest BCUT2D eigenvalue weighted by Gasteiger charge is -2.13. The molecule has 0 aliphatic carbocycles. The molecule has 1 aliphatic rings. The van der Waals surface area contributed by atoms with E-state index in [1.165, 1.54) is 0 Å². The highest BCUT2D eigenvalue weighted by atomic mass is 15.2. The first-order valence-corrected chi connectivity index (χ1v) is 4.87. The maximum Gasteiger partial charge on any atom is 0.189 e. The number of nitrogens with one attached hydrogen (secondary N) is 1. The van der Waals surface area contributed by atoms with E-state index in [0.717, 1.165) is 18.7 Å². The average molecular weight is 193 g/mol. The van der Waals surface area contributed by atoms with Crippen molar-refractivity contribution >= 4 is 5.96 Å². The molecule has 0 saturated heterocycles. The molecule has 0 saturated carbocycles. The van der Waals surface area contributed by atoms with Gasteiger partial charge in [0.2, 0.25) is 0 Å². The van der Waals surface area contributed by atoms with Crippen LogP contribution in [0.15, 0.2) is 17.5 Å². The third kappa shape index (κ3) is 1.57. The number of guanidine groups is 1. The van der Waals surface area contributed by atoms with Crippen molar-refractivity contribution in [2.75, 3.05) is 6.54 Å². The second-order valence-corrected chi connectivity index (χ2v) is 3.43. The van der Waals surface area contributed by atoms with E-state index in [0.29, 0.717) is 12.5 Å². The van der Waals surface area contributed by atoms with Gasteiger partial charge in [0.05, 0.1) is 30.8 Å². The van der Waals surface area contributed by atoms with Crippen LogP contribution in [0.5, 0.6) is 0 Å². The van der Waals surface area contributed by atoms with Crippen molar-refractivity contribution in [3.63, 3.8) is 0 Å². The van der Waals surface area contributed by atoms with Crippen LogP contribution in [0.4, 0.5) is 0 Å². The summed E-state index contributed by atoms with van der Waals surface area (Å²) in [4.78, 5) is 8.26. The molecule has 0 bridgehead atoms. The van der Waals surface area contributed by atoms with Crippen molar-refractivity contribution < 1.29 is 0 Å². The van der Waals surface area contributed by atoms with Gasteiger partial charge in [-0.2, -0.15) is 0 Å². The second kappa shape index (κ2) is 3.69. The van der Waals surface area contributed by atoms with E-state index in [9.17, 15) is 0 Å². The lowest BCUT2D eigenvalue weighted by atomic mass is 10.2. The first-order chi connectivity index (χ1) is 6.81. The number of aliphatic imine (C=N–C) groups is 1. The van der Waals surface area contributed by atoms with E-state index in [2.05, 4.69) is 26.8 Å². The fourth-order valence-corrected chi connectivity index (χ4v) is 1.68. The quantitative estimate of drug-likeness (QED) is 0.723. The van der Waals surface area contributed by atoms with Crippen LogP contribution in [-0.2, 0) is 6.54 Å². The van der Waals surface area contributed by atoms with Crippen LogP contribution in [-0.4, -0.2) is 22.1 Å². The zero-order valence-corrected chi connectivity index (χ0v) is 8.27. The maximum absolute atomic E-state index is 5.56. The number of nitrogens with zero attached hydrogens (tertiary/aromatic N) is 3. The van der Waals surface area contributed by atoms with E-state index in [1.54, 1.807) is 0 Å². The summed E-state index contributed by atoms with van der Waals surface area (Å²) in [5.41, 5.74) is 6.73. The van der Waals surface area contributed by atoms with Crippen molar-refractivity contribution in [1.29, 1.82) is 0 Å². The van der Waals surface area contributed by atoms with Crippen LogP contribution in [0.2, 0.25) is 0 Å². The van der Waals surface area contributed by atoms with E-state index < -0.39 is 0 Å². The highest BCUT2D eigenvalue weighted by Gasteiger charge is 2.20. The van der Waals surface area contributed by atoms with Crippen molar-refractivity contribution in [2.45, 2.75) is 25.9 Å². The Labute approximate surface area is 83.0 Å². The molecule has 0 radical (unpaired) electrons. The van der Waals surface area contributed by atoms with Gasteiger partial charge in [-0.15, -0.1) is 0 Å². The standard InChI is InChI=1S/C9H15N5/c1-2-3-14-6-11-5-8(14)7-4-12-9(10)13-7/h5-7H,2-4H2,1H3,(H3,10,12,13). The van der Waals surface area contributed by atoms with Crippen LogP contribution in [0, 0.1) is 0 Å². The molecular weight excluding hydrogens is 178 g/mol. The fourth-order valence-electron chi connectivity index (χ4n) is 1.68. The van der Waals surface area contributed by atoms with Gasteiger partial charge in [0.15, 0.2) is 5.96 Å². The minimum Gasteiger partial charge on any atom is -0.370 e. The van der Waals surface area contributed by atoms with Gasteiger partial charge in [-0.25, -0.2) is 4.98 Å². The van der Waals surface area contributed by atoms with Crippen molar-refractivity contribution in [3.8, 4) is 0 Å². The molecule has 1 aliphatic heterocycles. The van der Waals surface area contributed by atoms with Gasteiger partial charge in [-0.3, -0.25) is 4.99 Å². The van der Waals surface area contributed by atoms with Gasteiger partial charge >= 0.3 is 0 Å². The topological polar surface area (TPSA) is 68.2 Å². The van der Waals surface area contributed by atoms with E-state index in [1.807, 2.05) is 12.5 Å². The summed E-state index contributed by atoms with van der Waals surface area (Å²) in [7, 11) is 0. The molecule has 0 aromatic carbocycles. The second-order valence-electron chi connectivity index (χ2n) is 3.43. The summed E-state index contributed by atoms with van der Waals surface area (Å²) in [6, 6.07) is 0.198. The minimum atomic E-state index is 0.198. The van der Waals surface area contributed by atoms with E-state index in [-0.39, 0.29) is 6.04 Å². The average Bonchev–Trinajstić information content (AvgIpc) is 2.74. The van der Waals surface area contributed by atoms with Crippen LogP contribution in [0.3, 0.4) is 0 Å². The number of nitrogens with two attached hydrogens (primary N) is 1. The summed E-state index contributed by atoms with van der Waals surface area (Å²) in [5.74, 6) is 0.527. The van der Waals surface area contributed by atoms with Crippen LogP contribution in [0.1, 0.15) is 25.1 Å². The molecule has 1 aromatic heterocycles. The summed E-state index contributed by atoms with van der Waals surface area (Å²) >= 11 is 0. The number of hydrogen-bond donors (Lipinski definition) is 2. The first kappa shape index (κ1) is 9.05. The molecule has 2 rings (SSSR count). The Morgan fingerprint density at radius 2 is 2.57 bits per heavy atom. The van der Waals surface area contributed by atoms with Gasteiger partial charge in [-0.05, 0) is 6.42 Å². The van der Waals surface area contributed by atoms with Gasteiger partial charge in [0, 0.05) is 6.54 Å². The Hall–Kier alpha value is -1.52. The summed E-state index contributed by atoms with van der Waals surface area (Å²) in [5, 5.41) is 3.12. The molecule has 0 spiro atoms. The lowest BCUT2D eigenvalue weighted by Crippen LogP contribution is -2.30. The van der Waals surface area contributed by atoms with Gasteiger partial charge < -0.3 is 15.6 Å². The summed E-state index contributed by atoms with van der Waals surface area (Å²) in [6.07, 6.45) is 4.84. The number of aryl methyl sites for hydroxylation is 1. The molecule has 1 atom stereocenters. The van der Waals surface area contributed by atoms with Gasteiger partial charge in [-0.1, -0.05) is 6.92 Å². The number of hydrogen-bond acceptors (Lipinski definition) is 4. The van der Waals surface area contributed by atoms with Crippen LogP contribution < -0.4 is 11.1 Å². The molecule has 1 aromatic rings. The highest BCUT2D eigenvalue weighted by molar-refractivity contribution is 5.80. The Morgan fingerprint density at radius 3 is 3.21 bits per heavy atom. The molecule has 5 nitrogen and oxygen atoms in total. The highest BCUT2D eigenvalue weighted by Crippen LogP contribution is 2.16. The van der Waals surface area contributed by atoms with E-state index >= 15 is 0 Å². The molecule has 5 heteroatoms. The smallest absolute Gasteiger partial charge is 0.189 e. The first-order valence-electron chi connectivity index (χ1n) is 4.87. The Morgan fingerprint density at radius 1 is 1.71 bits per heavy atom. The Bertz CT molecular complexity index is 341. The molecular formula is C9H15N5. The monoisotopic (exact) mass is 193 g/mol. The Balaban J connectivity index is 2.12. The van der Waals surface area contributed by atoms with Crippen molar-refractivity contribution in [1.82, 2.24) is 14.9 Å². The molecule has 0 amide bonds. The summed E-state index contributed by atoms with van der Waals surface area (Å²) < 4.78 is 2.14. The third-order valence-electron chi connectivity index (χ3n) is 2.33. The largest absolute Gasteiger partial charge is 0.370 e. The number of aromatic nitrogens is 2. The fraction of sp³-hybridized carbons (Fsp3) is 0.556. The van der Waals surface area contributed by atoms with Crippen molar-refractivity contribution in [3.05, 3.63) is 18.2 Å². The predicted molar refractivity (Wildman–Crippen MR) is 54.9 cm³/mol. The maximum atomic E-state index is 5.56. The molecule has 2 heterocycles. The normalized spacial score (nSPS) is 20.6. The predicted octanol–water partition coefficient (Wildman–Crippen LogP) is 0.252. The number of imidazole rings is 1. The third-order valence-corrected chi connectivity index (χ3v) is 2.33. The zero-order chi connectivity index (χ0) is 9.97. The summed E-state index contributed by atoms with van der Waals surface area (Å²) in [6.45, 7) is 3.85. The molecule has 14 heavy (non-hydrogen) atoms. The lowest BCUT2D eigenvalue weighted by molar-refractivity contribution is 0.585. The van der Waals surface area contributed by atoms with Gasteiger partial charge in [0.1, 0.15) is 0 Å². The van der Waals surface area contributed by atoms with E-state index in [4.69, 9.17) is 5.73 Å². The van der Waals surface area contributed by atoms with Crippen molar-refractivity contribution in [2.24, 2.45) is 10.7 Å². The molecule has 3 N–H and O–H groups in total. The zero-order valence-electron chi connectivity index (χ0n) is 8.27. The number of rotatable bonds is 3. The molecule has 0 fully saturated rings. The van der Waals surface area contributed by atoms with Crippen LogP contribution >= 0.6 is 0 Å².